The molecule has 1 aromatic heterocycles. The van der Waals surface area contributed by atoms with E-state index in [4.69, 9.17) is 9.47 Å². The first-order valence-electron chi connectivity index (χ1n) is 10.7. The third-order valence-corrected chi connectivity index (χ3v) is 5.86. The van der Waals surface area contributed by atoms with Gasteiger partial charge in [-0.1, -0.05) is 48.5 Å². The van der Waals surface area contributed by atoms with Crippen molar-refractivity contribution in [3.8, 4) is 0 Å². The normalized spacial score (nSPS) is 18.1. The van der Waals surface area contributed by atoms with Crippen LogP contribution in [0.3, 0.4) is 0 Å². The van der Waals surface area contributed by atoms with Crippen molar-refractivity contribution in [2.45, 2.75) is 31.4 Å². The highest BCUT2D eigenvalue weighted by molar-refractivity contribution is 5.89. The molecule has 0 N–H and O–H groups in total. The molecular formula is C26H26N2O4. The third-order valence-electron chi connectivity index (χ3n) is 5.86. The number of piperidine rings is 1. The van der Waals surface area contributed by atoms with E-state index < -0.39 is 0 Å². The van der Waals surface area contributed by atoms with Crippen LogP contribution < -0.4 is 0 Å². The van der Waals surface area contributed by atoms with Gasteiger partial charge in [0, 0.05) is 24.4 Å². The Morgan fingerprint density at radius 1 is 1.00 bits per heavy atom. The predicted molar refractivity (Wildman–Crippen MR) is 120 cm³/mol. The van der Waals surface area contributed by atoms with Gasteiger partial charge in [-0.3, -0.25) is 4.98 Å². The van der Waals surface area contributed by atoms with Crippen molar-refractivity contribution in [2.75, 3.05) is 13.7 Å². The molecule has 1 amide bonds. The molecule has 6 nitrogen and oxygen atoms in total. The maximum atomic E-state index is 13.0. The molecule has 0 bridgehead atoms. The van der Waals surface area contributed by atoms with Gasteiger partial charge in [0.25, 0.3) is 0 Å². The van der Waals surface area contributed by atoms with Crippen LogP contribution in [0.4, 0.5) is 4.79 Å². The molecule has 32 heavy (non-hydrogen) atoms. The number of amides is 1. The molecule has 1 aliphatic rings. The lowest BCUT2D eigenvalue weighted by Crippen LogP contribution is -2.41. The smallest absolute Gasteiger partial charge is 0.410 e. The summed E-state index contributed by atoms with van der Waals surface area (Å²) in [6.07, 6.45) is 3.01. The van der Waals surface area contributed by atoms with Crippen LogP contribution in [0.25, 0.3) is 0 Å². The summed E-state index contributed by atoms with van der Waals surface area (Å²) in [7, 11) is 1.36. The predicted octanol–water partition coefficient (Wildman–Crippen LogP) is 5.13. The second-order valence-corrected chi connectivity index (χ2v) is 7.84. The Hall–Kier alpha value is -3.67. The number of hydrogen-bond acceptors (Lipinski definition) is 5. The molecule has 6 heteroatoms. The standard InChI is InChI=1S/C26H26N2O4/c1-31-25(29)21-12-10-20(11-13-21)24-17-22(23-9-5-6-15-27-23)14-16-28(24)26(30)32-18-19-7-3-2-4-8-19/h2-13,15,22,24H,14,16-18H2,1H3. The average Bonchev–Trinajstić information content (AvgIpc) is 2.87. The van der Waals surface area contributed by atoms with Crippen molar-refractivity contribution in [2.24, 2.45) is 0 Å². The summed E-state index contributed by atoms with van der Waals surface area (Å²) in [6, 6.07) is 22.6. The number of likely N-dealkylation sites (tertiary alicyclic amines) is 1. The highest BCUT2D eigenvalue weighted by atomic mass is 16.6. The molecule has 0 radical (unpaired) electrons. The SMILES string of the molecule is COC(=O)c1ccc(C2CC(c3ccccn3)CCN2C(=O)OCc2ccccc2)cc1. The molecule has 0 spiro atoms. The zero-order chi connectivity index (χ0) is 22.3. The second-order valence-electron chi connectivity index (χ2n) is 7.84. The molecule has 164 valence electrons. The number of carbonyl (C=O) groups excluding carboxylic acids is 2. The fourth-order valence-corrected chi connectivity index (χ4v) is 4.15. The Balaban J connectivity index is 1.55. The fourth-order valence-electron chi connectivity index (χ4n) is 4.15. The van der Waals surface area contributed by atoms with Crippen LogP contribution in [0, 0.1) is 0 Å². The van der Waals surface area contributed by atoms with Crippen molar-refractivity contribution in [1.29, 1.82) is 0 Å². The Labute approximate surface area is 187 Å². The monoisotopic (exact) mass is 430 g/mol. The molecular weight excluding hydrogens is 404 g/mol. The van der Waals surface area contributed by atoms with Crippen molar-refractivity contribution in [3.05, 3.63) is 101 Å². The van der Waals surface area contributed by atoms with Crippen molar-refractivity contribution in [3.63, 3.8) is 0 Å². The fraction of sp³-hybridized carbons (Fsp3) is 0.269. The second kappa shape index (κ2) is 10.1. The number of carbonyl (C=O) groups is 2. The van der Waals surface area contributed by atoms with Crippen molar-refractivity contribution >= 4 is 12.1 Å². The van der Waals surface area contributed by atoms with Gasteiger partial charge >= 0.3 is 12.1 Å². The molecule has 0 saturated carbocycles. The van der Waals surface area contributed by atoms with Gasteiger partial charge in [0.05, 0.1) is 18.7 Å². The molecule has 1 fully saturated rings. The Morgan fingerprint density at radius 2 is 1.75 bits per heavy atom. The summed E-state index contributed by atoms with van der Waals surface area (Å²) in [5.74, 6) is -0.148. The Kier molecular flexibility index (Phi) is 6.80. The topological polar surface area (TPSA) is 68.7 Å². The van der Waals surface area contributed by atoms with Crippen LogP contribution in [-0.4, -0.2) is 35.6 Å². The van der Waals surface area contributed by atoms with Crippen LogP contribution in [-0.2, 0) is 16.1 Å². The van der Waals surface area contributed by atoms with Crippen LogP contribution >= 0.6 is 0 Å². The van der Waals surface area contributed by atoms with E-state index in [-0.39, 0.29) is 30.6 Å². The lowest BCUT2D eigenvalue weighted by Gasteiger charge is -2.39. The van der Waals surface area contributed by atoms with Gasteiger partial charge in [0.15, 0.2) is 0 Å². The number of methoxy groups -OCH3 is 1. The number of pyridine rings is 1. The number of benzene rings is 2. The number of nitrogens with zero attached hydrogens (tertiary/aromatic N) is 2. The largest absolute Gasteiger partial charge is 0.465 e. The minimum Gasteiger partial charge on any atom is -0.465 e. The van der Waals surface area contributed by atoms with Crippen molar-refractivity contribution < 1.29 is 19.1 Å². The first kappa shape index (κ1) is 21.6. The first-order chi connectivity index (χ1) is 15.7. The molecule has 1 saturated heterocycles. The van der Waals surface area contributed by atoms with Gasteiger partial charge < -0.3 is 14.4 Å². The van der Waals surface area contributed by atoms with Gasteiger partial charge in [-0.15, -0.1) is 0 Å². The minimum absolute atomic E-state index is 0.175. The average molecular weight is 431 g/mol. The highest BCUT2D eigenvalue weighted by Crippen LogP contribution is 2.39. The van der Waals surface area contributed by atoms with Gasteiger partial charge in [-0.25, -0.2) is 9.59 Å². The van der Waals surface area contributed by atoms with E-state index in [1.165, 1.54) is 7.11 Å². The van der Waals surface area contributed by atoms with Crippen LogP contribution in [0.1, 0.15) is 52.0 Å². The molecule has 4 rings (SSSR count). The van der Waals surface area contributed by atoms with Crippen molar-refractivity contribution in [1.82, 2.24) is 9.88 Å². The van der Waals surface area contributed by atoms with Gasteiger partial charge in [0.1, 0.15) is 6.61 Å². The molecule has 0 aliphatic carbocycles. The number of hydrogen-bond donors (Lipinski definition) is 0. The lowest BCUT2D eigenvalue weighted by atomic mass is 9.85. The summed E-state index contributed by atoms with van der Waals surface area (Å²) < 4.78 is 10.4. The highest BCUT2D eigenvalue weighted by Gasteiger charge is 2.34. The number of rotatable bonds is 5. The van der Waals surface area contributed by atoms with Gasteiger partial charge in [0.2, 0.25) is 0 Å². The van der Waals surface area contributed by atoms with E-state index in [1.54, 1.807) is 23.2 Å². The van der Waals surface area contributed by atoms with E-state index in [2.05, 4.69) is 4.98 Å². The molecule has 2 heterocycles. The zero-order valence-corrected chi connectivity index (χ0v) is 18.0. The van der Waals surface area contributed by atoms with E-state index >= 15 is 0 Å². The Bertz CT molecular complexity index is 1040. The van der Waals surface area contributed by atoms with E-state index in [9.17, 15) is 9.59 Å². The summed E-state index contributed by atoms with van der Waals surface area (Å²) in [4.78, 5) is 31.2. The number of esters is 1. The summed E-state index contributed by atoms with van der Waals surface area (Å²) >= 11 is 0. The number of ether oxygens (including phenoxy) is 2. The van der Waals surface area contributed by atoms with Crippen LogP contribution in [0.2, 0.25) is 0 Å². The quantitative estimate of drug-likeness (QED) is 0.525. The molecule has 1 aliphatic heterocycles. The molecule has 3 aromatic rings. The lowest BCUT2D eigenvalue weighted by molar-refractivity contribution is 0.0596. The Morgan fingerprint density at radius 3 is 2.44 bits per heavy atom. The summed E-state index contributed by atoms with van der Waals surface area (Å²) in [6.45, 7) is 0.798. The third kappa shape index (κ3) is 4.97. The zero-order valence-electron chi connectivity index (χ0n) is 18.0. The minimum atomic E-state index is -0.384. The molecule has 2 unspecified atom stereocenters. The molecule has 2 atom stereocenters. The maximum absolute atomic E-state index is 13.0. The number of aromatic nitrogens is 1. The van der Waals surface area contributed by atoms with E-state index in [0.29, 0.717) is 12.1 Å². The first-order valence-corrected chi connectivity index (χ1v) is 10.7. The maximum Gasteiger partial charge on any atom is 0.410 e. The van der Waals surface area contributed by atoms with E-state index in [1.807, 2.05) is 60.7 Å². The van der Waals surface area contributed by atoms with Crippen LogP contribution in [0.5, 0.6) is 0 Å². The van der Waals surface area contributed by atoms with Crippen LogP contribution in [0.15, 0.2) is 79.0 Å². The van der Waals surface area contributed by atoms with Gasteiger partial charge in [-0.2, -0.15) is 0 Å². The van der Waals surface area contributed by atoms with Gasteiger partial charge in [-0.05, 0) is 48.2 Å². The summed E-state index contributed by atoms with van der Waals surface area (Å²) in [5, 5.41) is 0. The van der Waals surface area contributed by atoms with E-state index in [0.717, 1.165) is 29.7 Å². The summed E-state index contributed by atoms with van der Waals surface area (Å²) in [5.41, 5.74) is 3.41. The molecule has 2 aromatic carbocycles.